The van der Waals surface area contributed by atoms with Crippen LogP contribution in [0.25, 0.3) is 0 Å². The molecule has 2 unspecified atom stereocenters. The van der Waals surface area contributed by atoms with Crippen LogP contribution in [0.4, 0.5) is 4.79 Å². The maximum Gasteiger partial charge on any atom is 0.410 e. The van der Waals surface area contributed by atoms with E-state index in [1.807, 2.05) is 41.3 Å². The molecule has 4 rings (SSSR count). The fourth-order valence-electron chi connectivity index (χ4n) is 5.05. The first-order valence-corrected chi connectivity index (χ1v) is 10.9. The van der Waals surface area contributed by atoms with Gasteiger partial charge in [0.05, 0.1) is 5.60 Å². The number of aliphatic hydroxyl groups is 1. The maximum atomic E-state index is 12.7. The van der Waals surface area contributed by atoms with Gasteiger partial charge in [-0.2, -0.15) is 0 Å². The zero-order valence-corrected chi connectivity index (χ0v) is 17.0. The number of carbonyl (C=O) groups excluding carboxylic acids is 1. The van der Waals surface area contributed by atoms with Gasteiger partial charge in [-0.25, -0.2) is 4.79 Å². The minimum atomic E-state index is -0.640. The average Bonchev–Trinajstić information content (AvgIpc) is 3.03. The molecule has 2 aliphatic rings. The Kier molecular flexibility index (Phi) is 6.19. The molecule has 2 fully saturated rings. The van der Waals surface area contributed by atoms with Gasteiger partial charge in [-0.1, -0.05) is 67.1 Å². The summed E-state index contributed by atoms with van der Waals surface area (Å²) in [5.41, 5.74) is 1.72. The highest BCUT2D eigenvalue weighted by Gasteiger charge is 2.49. The molecule has 2 aromatic carbocycles. The number of hydrogen-bond donors (Lipinski definition) is 1. The van der Waals surface area contributed by atoms with Crippen molar-refractivity contribution < 1.29 is 14.6 Å². The Morgan fingerprint density at radius 1 is 0.931 bits per heavy atom. The summed E-state index contributed by atoms with van der Waals surface area (Å²) in [6.07, 6.45) is 7.04. The number of nitrogens with zero attached hydrogens (tertiary/aromatic N) is 1. The molecule has 29 heavy (non-hydrogen) atoms. The second kappa shape index (κ2) is 9.00. The number of amides is 1. The Morgan fingerprint density at radius 2 is 1.52 bits per heavy atom. The molecule has 0 aliphatic carbocycles. The second-order valence-electron chi connectivity index (χ2n) is 8.66. The molecule has 2 aliphatic heterocycles. The van der Waals surface area contributed by atoms with Crippen molar-refractivity contribution >= 4 is 6.09 Å². The van der Waals surface area contributed by atoms with E-state index in [1.165, 1.54) is 5.56 Å². The van der Waals surface area contributed by atoms with Crippen molar-refractivity contribution in [2.45, 2.75) is 75.7 Å². The summed E-state index contributed by atoms with van der Waals surface area (Å²) in [7, 11) is 0. The van der Waals surface area contributed by atoms with Crippen LogP contribution in [0.2, 0.25) is 0 Å². The first-order valence-electron chi connectivity index (χ1n) is 10.9. The van der Waals surface area contributed by atoms with Gasteiger partial charge in [-0.3, -0.25) is 0 Å². The van der Waals surface area contributed by atoms with E-state index >= 15 is 0 Å². The van der Waals surface area contributed by atoms with E-state index in [0.717, 1.165) is 44.1 Å². The molecule has 154 valence electrons. The van der Waals surface area contributed by atoms with Crippen molar-refractivity contribution in [3.8, 4) is 0 Å². The molecule has 0 saturated carbocycles. The smallest absolute Gasteiger partial charge is 0.410 e. The van der Waals surface area contributed by atoms with Crippen molar-refractivity contribution in [1.29, 1.82) is 0 Å². The van der Waals surface area contributed by atoms with Crippen LogP contribution in [0.3, 0.4) is 0 Å². The van der Waals surface area contributed by atoms with Crippen LogP contribution in [0.5, 0.6) is 0 Å². The third-order valence-corrected chi connectivity index (χ3v) is 6.47. The van der Waals surface area contributed by atoms with Gasteiger partial charge in [-0.15, -0.1) is 0 Å². The van der Waals surface area contributed by atoms with Gasteiger partial charge in [0.2, 0.25) is 0 Å². The van der Waals surface area contributed by atoms with Gasteiger partial charge >= 0.3 is 6.09 Å². The van der Waals surface area contributed by atoms with Crippen LogP contribution in [0.1, 0.15) is 56.1 Å². The van der Waals surface area contributed by atoms with Crippen LogP contribution in [-0.4, -0.2) is 33.8 Å². The van der Waals surface area contributed by atoms with E-state index in [2.05, 4.69) is 24.3 Å². The normalized spacial score (nSPS) is 25.8. The minimum Gasteiger partial charge on any atom is -0.445 e. The van der Waals surface area contributed by atoms with E-state index in [0.29, 0.717) is 19.4 Å². The lowest BCUT2D eigenvalue weighted by Crippen LogP contribution is -2.53. The monoisotopic (exact) mass is 393 g/mol. The van der Waals surface area contributed by atoms with Crippen molar-refractivity contribution in [2.24, 2.45) is 0 Å². The van der Waals surface area contributed by atoms with Crippen LogP contribution in [0, 0.1) is 0 Å². The number of piperidine rings is 1. The highest BCUT2D eigenvalue weighted by molar-refractivity contribution is 5.69. The summed E-state index contributed by atoms with van der Waals surface area (Å²) in [5, 5.41) is 11.2. The van der Waals surface area contributed by atoms with Crippen molar-refractivity contribution in [1.82, 2.24) is 4.90 Å². The number of fused-ring (bicyclic) bond motifs is 2. The lowest BCUT2D eigenvalue weighted by atomic mass is 9.82. The fourth-order valence-corrected chi connectivity index (χ4v) is 5.05. The third kappa shape index (κ3) is 4.99. The topological polar surface area (TPSA) is 49.8 Å². The third-order valence-electron chi connectivity index (χ3n) is 6.47. The quantitative estimate of drug-likeness (QED) is 0.666. The Morgan fingerprint density at radius 3 is 2.14 bits per heavy atom. The molecule has 2 heterocycles. The van der Waals surface area contributed by atoms with Gasteiger partial charge in [0, 0.05) is 12.1 Å². The molecule has 4 heteroatoms. The zero-order chi connectivity index (χ0) is 20.1. The van der Waals surface area contributed by atoms with Crippen LogP contribution >= 0.6 is 0 Å². The summed E-state index contributed by atoms with van der Waals surface area (Å²) in [6, 6.07) is 20.5. The van der Waals surface area contributed by atoms with Gasteiger partial charge in [-0.05, 0) is 56.1 Å². The Labute approximate surface area is 173 Å². The molecular weight excluding hydrogens is 362 g/mol. The van der Waals surface area contributed by atoms with Crippen LogP contribution in [-0.2, 0) is 17.8 Å². The first-order chi connectivity index (χ1) is 14.1. The number of carbonyl (C=O) groups is 1. The summed E-state index contributed by atoms with van der Waals surface area (Å²) >= 11 is 0. The zero-order valence-electron chi connectivity index (χ0n) is 17.0. The number of benzene rings is 2. The number of unbranched alkanes of at least 4 members (excludes halogenated alkanes) is 1. The number of rotatable bonds is 7. The van der Waals surface area contributed by atoms with E-state index in [9.17, 15) is 9.90 Å². The molecule has 1 amide bonds. The summed E-state index contributed by atoms with van der Waals surface area (Å²) in [6.45, 7) is 0.305. The summed E-state index contributed by atoms with van der Waals surface area (Å²) in [5.74, 6) is 0. The fraction of sp³-hybridized carbons (Fsp3) is 0.480. The van der Waals surface area contributed by atoms with Gasteiger partial charge in [0.15, 0.2) is 0 Å². The minimum absolute atomic E-state index is 0.108. The first kappa shape index (κ1) is 20.0. The van der Waals surface area contributed by atoms with E-state index < -0.39 is 5.60 Å². The number of aryl methyl sites for hydroxylation is 1. The summed E-state index contributed by atoms with van der Waals surface area (Å²) < 4.78 is 5.57. The molecule has 0 aromatic heterocycles. The average molecular weight is 394 g/mol. The standard InChI is InChI=1S/C25H31NO3/c27-24(29-19-21-12-5-2-6-13-21)26-22-14-15-23(26)18-25(28,17-22)16-8-7-11-20-9-3-1-4-10-20/h1-6,9-10,12-13,22-23,28H,7-8,11,14-19H2. The SMILES string of the molecule is O=C(OCc1ccccc1)N1C2CCC1CC(O)(CCCCc1ccccc1)C2. The van der Waals surface area contributed by atoms with E-state index in [-0.39, 0.29) is 18.2 Å². The van der Waals surface area contributed by atoms with E-state index in [4.69, 9.17) is 4.74 Å². The van der Waals surface area contributed by atoms with Crippen molar-refractivity contribution in [3.05, 3.63) is 71.8 Å². The second-order valence-corrected chi connectivity index (χ2v) is 8.66. The lowest BCUT2D eigenvalue weighted by Gasteiger charge is -2.43. The Bertz CT molecular complexity index is 778. The maximum absolute atomic E-state index is 12.7. The van der Waals surface area contributed by atoms with Crippen LogP contribution in [0.15, 0.2) is 60.7 Å². The number of hydrogen-bond acceptors (Lipinski definition) is 3. The van der Waals surface area contributed by atoms with E-state index in [1.54, 1.807) is 0 Å². The van der Waals surface area contributed by atoms with Crippen LogP contribution < -0.4 is 0 Å². The molecule has 2 aromatic rings. The largest absolute Gasteiger partial charge is 0.445 e. The van der Waals surface area contributed by atoms with Gasteiger partial charge in [0.1, 0.15) is 6.61 Å². The highest BCUT2D eigenvalue weighted by atomic mass is 16.6. The van der Waals surface area contributed by atoms with Crippen molar-refractivity contribution in [2.75, 3.05) is 0 Å². The molecular formula is C25H31NO3. The molecule has 2 saturated heterocycles. The molecule has 2 bridgehead atoms. The Balaban J connectivity index is 1.26. The van der Waals surface area contributed by atoms with Crippen molar-refractivity contribution in [3.63, 3.8) is 0 Å². The highest BCUT2D eigenvalue weighted by Crippen LogP contribution is 2.43. The van der Waals surface area contributed by atoms with Gasteiger partial charge in [0.25, 0.3) is 0 Å². The molecule has 0 radical (unpaired) electrons. The predicted molar refractivity (Wildman–Crippen MR) is 113 cm³/mol. The molecule has 4 nitrogen and oxygen atoms in total. The predicted octanol–water partition coefficient (Wildman–Crippen LogP) is 5.09. The number of ether oxygens (including phenoxy) is 1. The lowest BCUT2D eigenvalue weighted by molar-refractivity contribution is -0.0553. The molecule has 2 atom stereocenters. The van der Waals surface area contributed by atoms with Gasteiger partial charge < -0.3 is 14.7 Å². The molecule has 1 N–H and O–H groups in total. The molecule has 0 spiro atoms. The summed E-state index contributed by atoms with van der Waals surface area (Å²) in [4.78, 5) is 14.6. The Hall–Kier alpha value is -2.33.